The molecule has 1 atom stereocenters. The van der Waals surface area contributed by atoms with Gasteiger partial charge < -0.3 is 10.2 Å². The summed E-state index contributed by atoms with van der Waals surface area (Å²) in [6.45, 7) is 1.27. The van der Waals surface area contributed by atoms with Crippen molar-refractivity contribution in [2.75, 3.05) is 23.3 Å². The number of anilines is 2. The highest BCUT2D eigenvalue weighted by Gasteiger charge is 2.35. The van der Waals surface area contributed by atoms with Crippen molar-refractivity contribution in [3.63, 3.8) is 0 Å². The number of para-hydroxylation sites is 1. The van der Waals surface area contributed by atoms with E-state index in [-0.39, 0.29) is 11.7 Å². The maximum absolute atomic E-state index is 13.3. The van der Waals surface area contributed by atoms with Gasteiger partial charge in [0.15, 0.2) is 0 Å². The van der Waals surface area contributed by atoms with E-state index in [2.05, 4.69) is 10.2 Å². The van der Waals surface area contributed by atoms with Crippen LogP contribution in [0.3, 0.4) is 0 Å². The van der Waals surface area contributed by atoms with Gasteiger partial charge in [0.2, 0.25) is 10.0 Å². The van der Waals surface area contributed by atoms with Crippen molar-refractivity contribution in [2.24, 2.45) is 5.14 Å². The van der Waals surface area contributed by atoms with E-state index in [1.54, 1.807) is 0 Å². The van der Waals surface area contributed by atoms with E-state index in [1.165, 1.54) is 0 Å². The lowest BCUT2D eigenvalue weighted by atomic mass is 10.1. The van der Waals surface area contributed by atoms with Gasteiger partial charge in [0, 0.05) is 30.5 Å². The topological polar surface area (TPSA) is 75.4 Å². The number of nitrogens with two attached hydrogens (primary N) is 1. The van der Waals surface area contributed by atoms with Gasteiger partial charge in [-0.25, -0.2) is 13.6 Å². The third-order valence-corrected chi connectivity index (χ3v) is 5.21. The molecule has 9 heteroatoms. The Morgan fingerprint density at radius 1 is 1.12 bits per heavy atom. The van der Waals surface area contributed by atoms with Crippen LogP contribution in [0.2, 0.25) is 0 Å². The van der Waals surface area contributed by atoms with Gasteiger partial charge in [-0.1, -0.05) is 18.2 Å². The SMILES string of the molecule is NS(=O)(=O)c1ccc(NC2CCN(c3ccccc3)C2)c(C(F)(F)F)c1. The standard InChI is InChI=1S/C17H18F3N3O2S/c18-17(19,20)15-10-14(26(21,24)25)6-7-16(15)22-12-8-9-23(11-12)13-4-2-1-3-5-13/h1-7,10,12,22H,8-9,11H2,(H2,21,24,25). The zero-order valence-corrected chi connectivity index (χ0v) is 14.5. The predicted molar refractivity (Wildman–Crippen MR) is 93.5 cm³/mol. The Balaban J connectivity index is 1.82. The van der Waals surface area contributed by atoms with Crippen LogP contribution in [0.5, 0.6) is 0 Å². The van der Waals surface area contributed by atoms with Crippen LogP contribution in [0, 0.1) is 0 Å². The normalized spacial score (nSPS) is 18.2. The van der Waals surface area contributed by atoms with Gasteiger partial charge in [-0.05, 0) is 36.8 Å². The second kappa shape index (κ2) is 6.81. The van der Waals surface area contributed by atoms with Gasteiger partial charge in [0.1, 0.15) is 0 Å². The highest BCUT2D eigenvalue weighted by molar-refractivity contribution is 7.89. The molecule has 1 fully saturated rings. The van der Waals surface area contributed by atoms with E-state index in [4.69, 9.17) is 5.14 Å². The lowest BCUT2D eigenvalue weighted by molar-refractivity contribution is -0.137. The Hall–Kier alpha value is -2.26. The lowest BCUT2D eigenvalue weighted by Crippen LogP contribution is -2.27. The number of alkyl halides is 3. The van der Waals surface area contributed by atoms with E-state index in [9.17, 15) is 21.6 Å². The zero-order chi connectivity index (χ0) is 18.9. The van der Waals surface area contributed by atoms with Crippen molar-refractivity contribution < 1.29 is 21.6 Å². The number of halogens is 3. The fourth-order valence-electron chi connectivity index (χ4n) is 3.03. The second-order valence-corrected chi connectivity index (χ2v) is 7.72. The number of nitrogens with one attached hydrogen (secondary N) is 1. The predicted octanol–water partition coefficient (Wildman–Crippen LogP) is 3.04. The molecule has 1 aliphatic rings. The summed E-state index contributed by atoms with van der Waals surface area (Å²) >= 11 is 0. The number of benzene rings is 2. The van der Waals surface area contributed by atoms with Gasteiger partial charge in [-0.15, -0.1) is 0 Å². The van der Waals surface area contributed by atoms with Crippen LogP contribution >= 0.6 is 0 Å². The smallest absolute Gasteiger partial charge is 0.380 e. The second-order valence-electron chi connectivity index (χ2n) is 6.16. The molecule has 2 aromatic rings. The molecule has 3 rings (SSSR count). The molecular formula is C17H18F3N3O2S. The summed E-state index contributed by atoms with van der Waals surface area (Å²) < 4.78 is 62.7. The van der Waals surface area contributed by atoms with E-state index >= 15 is 0 Å². The summed E-state index contributed by atoms with van der Waals surface area (Å²) in [7, 11) is -4.21. The van der Waals surface area contributed by atoms with Crippen molar-refractivity contribution in [1.82, 2.24) is 0 Å². The minimum absolute atomic E-state index is 0.148. The Bertz CT molecular complexity index is 886. The number of rotatable bonds is 4. The third-order valence-electron chi connectivity index (χ3n) is 4.29. The largest absolute Gasteiger partial charge is 0.418 e. The Kier molecular flexibility index (Phi) is 4.85. The van der Waals surface area contributed by atoms with Crippen molar-refractivity contribution in [2.45, 2.75) is 23.5 Å². The molecule has 0 aliphatic carbocycles. The van der Waals surface area contributed by atoms with Crippen LogP contribution < -0.4 is 15.4 Å². The Morgan fingerprint density at radius 2 is 1.81 bits per heavy atom. The van der Waals surface area contributed by atoms with E-state index < -0.39 is 26.7 Å². The molecule has 0 spiro atoms. The number of primary sulfonamides is 1. The zero-order valence-electron chi connectivity index (χ0n) is 13.7. The Labute approximate surface area is 149 Å². The summed E-state index contributed by atoms with van der Waals surface area (Å²) in [5, 5.41) is 7.84. The van der Waals surface area contributed by atoms with Crippen molar-refractivity contribution >= 4 is 21.4 Å². The van der Waals surface area contributed by atoms with E-state index in [1.807, 2.05) is 30.3 Å². The van der Waals surface area contributed by atoms with Crippen LogP contribution in [0.1, 0.15) is 12.0 Å². The summed E-state index contributed by atoms with van der Waals surface area (Å²) in [6, 6.07) is 12.2. The molecular weight excluding hydrogens is 367 g/mol. The fraction of sp³-hybridized carbons (Fsp3) is 0.294. The van der Waals surface area contributed by atoms with Crippen molar-refractivity contribution in [3.05, 3.63) is 54.1 Å². The van der Waals surface area contributed by atoms with E-state index in [0.29, 0.717) is 19.0 Å². The summed E-state index contributed by atoms with van der Waals surface area (Å²) in [6.07, 6.45) is -4.02. The first kappa shape index (κ1) is 18.5. The van der Waals surface area contributed by atoms with Crippen LogP contribution in [0.25, 0.3) is 0 Å². The number of hydrogen-bond donors (Lipinski definition) is 2. The molecule has 0 amide bonds. The molecule has 0 radical (unpaired) electrons. The summed E-state index contributed by atoms with van der Waals surface area (Å²) in [5.74, 6) is 0. The van der Waals surface area contributed by atoms with Gasteiger partial charge in [-0.3, -0.25) is 0 Å². The van der Waals surface area contributed by atoms with Crippen molar-refractivity contribution in [3.8, 4) is 0 Å². The molecule has 0 saturated carbocycles. The first-order valence-electron chi connectivity index (χ1n) is 7.95. The molecule has 1 unspecified atom stereocenters. The molecule has 1 heterocycles. The van der Waals surface area contributed by atoms with Gasteiger partial charge in [0.05, 0.1) is 10.5 Å². The maximum atomic E-state index is 13.3. The molecule has 1 saturated heterocycles. The minimum Gasteiger partial charge on any atom is -0.380 e. The van der Waals surface area contributed by atoms with Crippen molar-refractivity contribution in [1.29, 1.82) is 0 Å². The minimum atomic E-state index is -4.69. The average Bonchev–Trinajstić information content (AvgIpc) is 3.02. The Morgan fingerprint density at radius 3 is 2.42 bits per heavy atom. The average molecular weight is 385 g/mol. The number of sulfonamides is 1. The maximum Gasteiger partial charge on any atom is 0.418 e. The molecule has 3 N–H and O–H groups in total. The van der Waals surface area contributed by atoms with Gasteiger partial charge in [-0.2, -0.15) is 13.2 Å². The molecule has 0 aromatic heterocycles. The molecule has 140 valence electrons. The summed E-state index contributed by atoms with van der Waals surface area (Å²) in [5.41, 5.74) is -0.176. The highest BCUT2D eigenvalue weighted by Crippen LogP contribution is 2.37. The molecule has 1 aliphatic heterocycles. The summed E-state index contributed by atoms with van der Waals surface area (Å²) in [4.78, 5) is 1.52. The van der Waals surface area contributed by atoms with Gasteiger partial charge >= 0.3 is 6.18 Å². The number of nitrogens with zero attached hydrogens (tertiary/aromatic N) is 1. The molecule has 5 nitrogen and oxygen atoms in total. The quantitative estimate of drug-likeness (QED) is 0.848. The van der Waals surface area contributed by atoms with Crippen LogP contribution in [-0.2, 0) is 16.2 Å². The first-order chi connectivity index (χ1) is 12.1. The van der Waals surface area contributed by atoms with Crippen LogP contribution in [0.15, 0.2) is 53.4 Å². The number of hydrogen-bond acceptors (Lipinski definition) is 4. The monoisotopic (exact) mass is 385 g/mol. The van der Waals surface area contributed by atoms with Gasteiger partial charge in [0.25, 0.3) is 0 Å². The fourth-order valence-corrected chi connectivity index (χ4v) is 3.57. The highest BCUT2D eigenvalue weighted by atomic mass is 32.2. The van der Waals surface area contributed by atoms with E-state index in [0.717, 1.165) is 24.4 Å². The first-order valence-corrected chi connectivity index (χ1v) is 9.50. The molecule has 26 heavy (non-hydrogen) atoms. The third kappa shape index (κ3) is 4.10. The lowest BCUT2D eigenvalue weighted by Gasteiger charge is -2.21. The van der Waals surface area contributed by atoms with Crippen LogP contribution in [-0.4, -0.2) is 27.5 Å². The molecule has 2 aromatic carbocycles. The van der Waals surface area contributed by atoms with Crippen LogP contribution in [0.4, 0.5) is 24.5 Å². The molecule has 0 bridgehead atoms.